The summed E-state index contributed by atoms with van der Waals surface area (Å²) in [5.41, 5.74) is 19.7. The largest absolute Gasteiger partial charge is 0.505 e. The van der Waals surface area contributed by atoms with E-state index < -0.39 is 0 Å². The molecule has 0 atom stereocenters. The maximum atomic E-state index is 12.7. The number of phenolic OH excluding ortho intramolecular Hbond substituents is 1. The molecule has 350 valence electrons. The molecule has 0 saturated heterocycles. The number of benzene rings is 12. The maximum Gasteiger partial charge on any atom is 0.159 e. The van der Waals surface area contributed by atoms with E-state index in [-0.39, 0.29) is 5.75 Å². The van der Waals surface area contributed by atoms with E-state index in [0.29, 0.717) is 5.69 Å². The zero-order valence-electron chi connectivity index (χ0n) is 41.5. The van der Waals surface area contributed by atoms with E-state index in [1.807, 2.05) is 12.1 Å². The molecule has 0 amide bonds. The summed E-state index contributed by atoms with van der Waals surface area (Å²) in [6, 6.07) is 78.1. The minimum absolute atomic E-state index is 0.217. The molecule has 0 aliphatic rings. The van der Waals surface area contributed by atoms with Crippen molar-refractivity contribution in [1.82, 2.24) is 0 Å². The van der Waals surface area contributed by atoms with Crippen LogP contribution in [0.25, 0.3) is 87.6 Å². The number of rotatable bonds is 9. The van der Waals surface area contributed by atoms with Crippen molar-refractivity contribution < 1.29 is 9.52 Å². The smallest absolute Gasteiger partial charge is 0.159 e. The van der Waals surface area contributed by atoms with E-state index in [2.05, 4.69) is 251 Å². The first-order valence-electron chi connectivity index (χ1n) is 25.1. The lowest BCUT2D eigenvalue weighted by Crippen LogP contribution is -2.12. The third-order valence-corrected chi connectivity index (χ3v) is 15.1. The molecule has 0 saturated carbocycles. The summed E-state index contributed by atoms with van der Waals surface area (Å²) in [5, 5.41) is 21.7. The van der Waals surface area contributed by atoms with Gasteiger partial charge in [0.2, 0.25) is 0 Å². The van der Waals surface area contributed by atoms with Gasteiger partial charge in [0, 0.05) is 44.0 Å². The van der Waals surface area contributed by atoms with Crippen molar-refractivity contribution in [1.29, 1.82) is 0 Å². The van der Waals surface area contributed by atoms with E-state index in [1.165, 1.54) is 33.2 Å². The van der Waals surface area contributed by atoms with Crippen LogP contribution < -0.4 is 9.80 Å². The standard InChI is InChI=1S/C69H52N2O2/c1-42-25-33-51(34-26-42)70(62-23-11-19-54(67(62)72)49-16-9-17-50(41-49)64-45(4)14-8-15-46(64)5)60-39-31-47-30-38-59-61(40-32-48-29-37-58(60)65(47)66(48)59)71(52-35-27-43(2)28-36-52)63-24-12-22-57-56-21-10-20-55(68(56)73-69(57)63)53-18-7-6-13-44(53)3/h6-41,72H,1-5H3. The van der Waals surface area contributed by atoms with Gasteiger partial charge < -0.3 is 19.3 Å². The highest BCUT2D eigenvalue weighted by atomic mass is 16.3. The fourth-order valence-corrected chi connectivity index (χ4v) is 11.5. The van der Waals surface area contributed by atoms with Gasteiger partial charge in [-0.1, -0.05) is 175 Å². The van der Waals surface area contributed by atoms with Crippen LogP contribution in [0.5, 0.6) is 5.75 Å². The van der Waals surface area contributed by atoms with Gasteiger partial charge in [0.05, 0.1) is 22.7 Å². The molecule has 4 heteroatoms. The number of anilines is 6. The molecule has 1 N–H and O–H groups in total. The van der Waals surface area contributed by atoms with E-state index in [9.17, 15) is 5.11 Å². The number of aromatic hydroxyl groups is 1. The Kier molecular flexibility index (Phi) is 10.4. The van der Waals surface area contributed by atoms with Gasteiger partial charge in [0.25, 0.3) is 0 Å². The van der Waals surface area contributed by atoms with Crippen LogP contribution in [0, 0.1) is 34.6 Å². The van der Waals surface area contributed by atoms with Crippen molar-refractivity contribution in [3.63, 3.8) is 0 Å². The van der Waals surface area contributed by atoms with Crippen molar-refractivity contribution in [3.8, 4) is 39.1 Å². The van der Waals surface area contributed by atoms with Gasteiger partial charge in [-0.05, 0) is 150 Å². The van der Waals surface area contributed by atoms with Crippen LogP contribution in [0.3, 0.4) is 0 Å². The molecule has 0 unspecified atom stereocenters. The lowest BCUT2D eigenvalue weighted by atomic mass is 9.91. The summed E-state index contributed by atoms with van der Waals surface area (Å²) in [6.45, 7) is 10.7. The van der Waals surface area contributed by atoms with Gasteiger partial charge in [0.1, 0.15) is 11.3 Å². The SMILES string of the molecule is Cc1ccc(N(c2cccc(-c3cccc(-c4c(C)cccc4C)c3)c2O)c2ccc3ccc4c(N(c5ccc(C)cc5)c5cccc6c5oc5c(-c7ccccc7C)cccc56)ccc5ccc2c3c54)cc1. The predicted molar refractivity (Wildman–Crippen MR) is 308 cm³/mol. The number of furan rings is 1. The van der Waals surface area contributed by atoms with Crippen molar-refractivity contribution in [2.45, 2.75) is 34.6 Å². The van der Waals surface area contributed by atoms with Crippen molar-refractivity contribution in [2.75, 3.05) is 9.80 Å². The van der Waals surface area contributed by atoms with E-state index >= 15 is 0 Å². The van der Waals surface area contributed by atoms with Gasteiger partial charge in [0.15, 0.2) is 5.58 Å². The third-order valence-electron chi connectivity index (χ3n) is 15.1. The first-order chi connectivity index (χ1) is 35.7. The van der Waals surface area contributed by atoms with Gasteiger partial charge in [-0.3, -0.25) is 0 Å². The fraction of sp³-hybridized carbons (Fsp3) is 0.0725. The second-order valence-electron chi connectivity index (χ2n) is 19.7. The Hall–Kier alpha value is -9.12. The van der Waals surface area contributed by atoms with Crippen LogP contribution >= 0.6 is 0 Å². The Labute approximate surface area is 425 Å². The van der Waals surface area contributed by atoms with Crippen LogP contribution in [0.15, 0.2) is 223 Å². The van der Waals surface area contributed by atoms with Crippen molar-refractivity contribution >= 4 is 88.4 Å². The molecular weight excluding hydrogens is 889 g/mol. The van der Waals surface area contributed by atoms with E-state index in [4.69, 9.17) is 4.42 Å². The Morgan fingerprint density at radius 1 is 0.342 bits per heavy atom. The zero-order chi connectivity index (χ0) is 49.5. The number of phenols is 1. The number of fused-ring (bicyclic) bond motifs is 3. The summed E-state index contributed by atoms with van der Waals surface area (Å²) >= 11 is 0. The monoisotopic (exact) mass is 940 g/mol. The summed E-state index contributed by atoms with van der Waals surface area (Å²) < 4.78 is 7.14. The average Bonchev–Trinajstić information content (AvgIpc) is 3.80. The molecule has 73 heavy (non-hydrogen) atoms. The first-order valence-corrected chi connectivity index (χ1v) is 25.1. The molecule has 0 aliphatic heterocycles. The van der Waals surface area contributed by atoms with Gasteiger partial charge >= 0.3 is 0 Å². The van der Waals surface area contributed by atoms with Crippen LogP contribution in [-0.2, 0) is 0 Å². The first kappa shape index (κ1) is 43.9. The molecule has 0 aliphatic carbocycles. The molecule has 1 aromatic heterocycles. The molecule has 13 rings (SSSR count). The summed E-state index contributed by atoms with van der Waals surface area (Å²) in [7, 11) is 0. The number of para-hydroxylation sites is 3. The average molecular weight is 941 g/mol. The van der Waals surface area contributed by atoms with Crippen LogP contribution in [0.1, 0.15) is 27.8 Å². The summed E-state index contributed by atoms with van der Waals surface area (Å²) in [6.07, 6.45) is 0. The van der Waals surface area contributed by atoms with Crippen molar-refractivity contribution in [3.05, 3.63) is 246 Å². The Morgan fingerprint density at radius 3 is 1.47 bits per heavy atom. The Bertz CT molecular complexity index is 4260. The minimum atomic E-state index is 0.217. The molecule has 0 fully saturated rings. The second-order valence-corrected chi connectivity index (χ2v) is 19.7. The van der Waals surface area contributed by atoms with Crippen LogP contribution in [-0.4, -0.2) is 5.11 Å². The van der Waals surface area contributed by atoms with Gasteiger partial charge in [-0.2, -0.15) is 0 Å². The molecular formula is C69H52N2O2. The molecule has 13 aromatic rings. The molecule has 12 aromatic carbocycles. The van der Waals surface area contributed by atoms with Gasteiger partial charge in [-0.25, -0.2) is 0 Å². The molecule has 1 heterocycles. The second kappa shape index (κ2) is 17.3. The maximum absolute atomic E-state index is 12.7. The van der Waals surface area contributed by atoms with Gasteiger partial charge in [-0.15, -0.1) is 0 Å². The molecule has 0 spiro atoms. The topological polar surface area (TPSA) is 39.9 Å². The lowest BCUT2D eigenvalue weighted by molar-refractivity contribution is 0.478. The van der Waals surface area contributed by atoms with E-state index in [0.717, 1.165) is 111 Å². The fourth-order valence-electron chi connectivity index (χ4n) is 11.5. The van der Waals surface area contributed by atoms with Crippen molar-refractivity contribution in [2.24, 2.45) is 0 Å². The number of hydrogen-bond donors (Lipinski definition) is 1. The zero-order valence-corrected chi connectivity index (χ0v) is 41.5. The quantitative estimate of drug-likeness (QED) is 0.146. The Morgan fingerprint density at radius 2 is 0.822 bits per heavy atom. The molecule has 4 nitrogen and oxygen atoms in total. The highest BCUT2D eigenvalue weighted by Gasteiger charge is 2.26. The molecule has 0 bridgehead atoms. The third kappa shape index (κ3) is 7.20. The number of nitrogens with zero attached hydrogens (tertiary/aromatic N) is 2. The highest BCUT2D eigenvalue weighted by Crippen LogP contribution is 2.51. The lowest BCUT2D eigenvalue weighted by Gasteiger charge is -2.30. The predicted octanol–water partition coefficient (Wildman–Crippen LogP) is 19.7. The van der Waals surface area contributed by atoms with Crippen LogP contribution in [0.4, 0.5) is 34.1 Å². The highest BCUT2D eigenvalue weighted by molar-refractivity contribution is 6.28. The Balaban J connectivity index is 1.01. The molecule has 0 radical (unpaired) electrons. The normalized spacial score (nSPS) is 11.7. The number of hydrogen-bond acceptors (Lipinski definition) is 4. The number of aryl methyl sites for hydroxylation is 5. The summed E-state index contributed by atoms with van der Waals surface area (Å²) in [4.78, 5) is 4.61. The van der Waals surface area contributed by atoms with E-state index in [1.54, 1.807) is 0 Å². The minimum Gasteiger partial charge on any atom is -0.505 e. The summed E-state index contributed by atoms with van der Waals surface area (Å²) in [5.74, 6) is 0.217. The van der Waals surface area contributed by atoms with Crippen LogP contribution in [0.2, 0.25) is 0 Å².